The number of carbonyl (C=O) groups excluding carboxylic acids is 1. The van der Waals surface area contributed by atoms with E-state index in [1.807, 2.05) is 12.1 Å². The molecule has 0 aliphatic carbocycles. The molecule has 0 aromatic heterocycles. The maximum atomic E-state index is 12.4. The fourth-order valence-electron chi connectivity index (χ4n) is 3.07. The van der Waals surface area contributed by atoms with Gasteiger partial charge in [0.25, 0.3) is 0 Å². The highest BCUT2D eigenvalue weighted by Gasteiger charge is 2.25. The van der Waals surface area contributed by atoms with Crippen molar-refractivity contribution in [1.29, 1.82) is 0 Å². The zero-order valence-corrected chi connectivity index (χ0v) is 22.6. The molecule has 0 unspecified atom stereocenters. The highest BCUT2D eigenvalue weighted by Crippen LogP contribution is 2.36. The first-order valence-corrected chi connectivity index (χ1v) is 12.3. The Bertz CT molecular complexity index is 1360. The van der Waals surface area contributed by atoms with Crippen LogP contribution in [0.15, 0.2) is 59.2 Å². The summed E-state index contributed by atoms with van der Waals surface area (Å²) in [5.41, 5.74) is 2.23. The fraction of sp³-hybridized carbons (Fsp3) is 0.0833. The van der Waals surface area contributed by atoms with Crippen LogP contribution in [-0.4, -0.2) is 19.0 Å². The molecule has 0 atom stereocenters. The fourth-order valence-corrected chi connectivity index (χ4v) is 4.47. The van der Waals surface area contributed by atoms with E-state index in [9.17, 15) is 4.79 Å². The van der Waals surface area contributed by atoms with Crippen molar-refractivity contribution in [1.82, 2.24) is 0 Å². The molecule has 0 fully saturated rings. The van der Waals surface area contributed by atoms with Crippen LogP contribution in [0.3, 0.4) is 0 Å². The van der Waals surface area contributed by atoms with Gasteiger partial charge >= 0.3 is 5.97 Å². The molecule has 0 saturated carbocycles. The van der Waals surface area contributed by atoms with Gasteiger partial charge in [-0.05, 0) is 82.3 Å². The number of nitrogens with zero attached hydrogens (tertiary/aromatic N) is 1. The number of cyclic esters (lactones) is 1. The molecular formula is C24H14Cl4INO4. The third kappa shape index (κ3) is 5.63. The molecule has 3 aromatic rings. The van der Waals surface area contributed by atoms with Crippen molar-refractivity contribution in [3.05, 3.63) is 94.6 Å². The lowest BCUT2D eigenvalue weighted by Crippen LogP contribution is -2.05. The van der Waals surface area contributed by atoms with Crippen LogP contribution >= 0.6 is 69.0 Å². The van der Waals surface area contributed by atoms with Crippen molar-refractivity contribution in [2.24, 2.45) is 4.99 Å². The summed E-state index contributed by atoms with van der Waals surface area (Å²) < 4.78 is 17.6. The van der Waals surface area contributed by atoms with Gasteiger partial charge in [-0.15, -0.1) is 0 Å². The highest BCUT2D eigenvalue weighted by atomic mass is 127. The summed E-state index contributed by atoms with van der Waals surface area (Å²) in [5, 5.41) is 1.67. The van der Waals surface area contributed by atoms with Gasteiger partial charge in [-0.1, -0.05) is 52.5 Å². The van der Waals surface area contributed by atoms with Crippen LogP contribution in [0, 0.1) is 3.57 Å². The number of hydrogen-bond donors (Lipinski definition) is 0. The van der Waals surface area contributed by atoms with E-state index in [4.69, 9.17) is 60.6 Å². The number of hydrogen-bond acceptors (Lipinski definition) is 5. The second kappa shape index (κ2) is 10.7. The van der Waals surface area contributed by atoms with Crippen molar-refractivity contribution < 1.29 is 19.0 Å². The van der Waals surface area contributed by atoms with E-state index >= 15 is 0 Å². The molecule has 1 aliphatic rings. The lowest BCUT2D eigenvalue weighted by atomic mass is 10.1. The second-order valence-corrected chi connectivity index (χ2v) is 9.83. The molecule has 0 N–H and O–H groups in total. The van der Waals surface area contributed by atoms with Gasteiger partial charge in [0.15, 0.2) is 17.2 Å². The Morgan fingerprint density at radius 3 is 2.35 bits per heavy atom. The number of halogens is 5. The lowest BCUT2D eigenvalue weighted by molar-refractivity contribution is -0.129. The zero-order valence-electron chi connectivity index (χ0n) is 17.4. The smallest absolute Gasteiger partial charge is 0.363 e. The normalized spacial score (nSPS) is 14.2. The Kier molecular flexibility index (Phi) is 7.94. The van der Waals surface area contributed by atoms with Crippen LogP contribution in [0.1, 0.15) is 16.7 Å². The summed E-state index contributed by atoms with van der Waals surface area (Å²) in [6.45, 7) is 0.271. The first kappa shape index (κ1) is 25.1. The van der Waals surface area contributed by atoms with Crippen molar-refractivity contribution in [3.63, 3.8) is 0 Å². The van der Waals surface area contributed by atoms with E-state index in [1.165, 1.54) is 0 Å². The van der Waals surface area contributed by atoms with Crippen molar-refractivity contribution in [2.75, 3.05) is 7.11 Å². The summed E-state index contributed by atoms with van der Waals surface area (Å²) in [6.07, 6.45) is 1.61. The monoisotopic (exact) mass is 647 g/mol. The van der Waals surface area contributed by atoms with Gasteiger partial charge in [-0.2, -0.15) is 0 Å². The standard InChI is InChI=1S/C24H14Cl4INO4/c1-32-21-9-13(7-19(29)22(21)33-11-12-2-4-15(25)17(27)6-12)8-20-24(31)34-23(30-20)14-3-5-16(26)18(28)10-14/h2-10H,11H2,1H3/b20-8-. The topological polar surface area (TPSA) is 57.1 Å². The molecule has 5 nitrogen and oxygen atoms in total. The van der Waals surface area contributed by atoms with Gasteiger partial charge in [0.2, 0.25) is 5.90 Å². The zero-order chi connectivity index (χ0) is 24.4. The minimum atomic E-state index is -0.574. The summed E-state index contributed by atoms with van der Waals surface area (Å²) in [5.74, 6) is 0.636. The average Bonchev–Trinajstić information content (AvgIpc) is 3.17. The molecule has 1 aliphatic heterocycles. The number of rotatable bonds is 6. The lowest BCUT2D eigenvalue weighted by Gasteiger charge is -2.14. The third-order valence-corrected chi connectivity index (χ3v) is 6.99. The Balaban J connectivity index is 1.59. The van der Waals surface area contributed by atoms with Crippen LogP contribution in [0.2, 0.25) is 20.1 Å². The molecule has 0 bridgehead atoms. The summed E-state index contributed by atoms with van der Waals surface area (Å²) >= 11 is 26.2. The van der Waals surface area contributed by atoms with Gasteiger partial charge in [0, 0.05) is 5.56 Å². The summed E-state index contributed by atoms with van der Waals surface area (Å²) in [4.78, 5) is 16.7. The molecular weight excluding hydrogens is 635 g/mol. The highest BCUT2D eigenvalue weighted by molar-refractivity contribution is 14.1. The van der Waals surface area contributed by atoms with Gasteiger partial charge in [-0.25, -0.2) is 9.79 Å². The minimum absolute atomic E-state index is 0.142. The summed E-state index contributed by atoms with van der Waals surface area (Å²) in [7, 11) is 1.54. The number of carbonyl (C=O) groups is 1. The largest absolute Gasteiger partial charge is 0.493 e. The predicted octanol–water partition coefficient (Wildman–Crippen LogP) is 7.84. The van der Waals surface area contributed by atoms with Crippen molar-refractivity contribution >= 4 is 86.9 Å². The van der Waals surface area contributed by atoms with Crippen molar-refractivity contribution in [3.8, 4) is 11.5 Å². The van der Waals surface area contributed by atoms with Crippen LogP contribution in [0.5, 0.6) is 11.5 Å². The third-order valence-electron chi connectivity index (χ3n) is 4.71. The Morgan fingerprint density at radius 2 is 1.68 bits per heavy atom. The van der Waals surface area contributed by atoms with E-state index in [2.05, 4.69) is 27.6 Å². The SMILES string of the molecule is COc1cc(/C=C2\N=C(c3ccc(Cl)c(Cl)c3)OC2=O)cc(I)c1OCc1ccc(Cl)c(Cl)c1. The van der Waals surface area contributed by atoms with E-state index in [0.717, 1.165) is 9.13 Å². The molecule has 0 amide bonds. The second-order valence-electron chi connectivity index (χ2n) is 7.04. The molecule has 1 heterocycles. The number of benzene rings is 3. The van der Waals surface area contributed by atoms with Crippen LogP contribution in [-0.2, 0) is 16.1 Å². The molecule has 4 rings (SSSR count). The quantitative estimate of drug-likeness (QED) is 0.155. The summed E-state index contributed by atoms with van der Waals surface area (Å²) in [6, 6.07) is 13.8. The maximum absolute atomic E-state index is 12.4. The van der Waals surface area contributed by atoms with E-state index in [0.29, 0.717) is 42.7 Å². The average molecular weight is 649 g/mol. The molecule has 0 spiro atoms. The molecule has 174 valence electrons. The molecule has 0 radical (unpaired) electrons. The molecule has 10 heteroatoms. The van der Waals surface area contributed by atoms with Gasteiger partial charge in [-0.3, -0.25) is 0 Å². The Labute approximate surface area is 229 Å². The molecule has 34 heavy (non-hydrogen) atoms. The van der Waals surface area contributed by atoms with Gasteiger partial charge < -0.3 is 14.2 Å². The number of ether oxygens (including phenoxy) is 3. The van der Waals surface area contributed by atoms with Gasteiger partial charge in [0.05, 0.1) is 30.8 Å². The first-order valence-electron chi connectivity index (χ1n) is 9.67. The van der Waals surface area contributed by atoms with E-state index < -0.39 is 5.97 Å². The maximum Gasteiger partial charge on any atom is 0.363 e. The predicted molar refractivity (Wildman–Crippen MR) is 144 cm³/mol. The Morgan fingerprint density at radius 1 is 0.971 bits per heavy atom. The van der Waals surface area contributed by atoms with Crippen LogP contribution in [0.4, 0.5) is 0 Å². The number of esters is 1. The molecule has 0 saturated heterocycles. The number of aliphatic imine (C=N–C) groups is 1. The van der Waals surface area contributed by atoms with Crippen molar-refractivity contribution in [2.45, 2.75) is 6.61 Å². The minimum Gasteiger partial charge on any atom is -0.493 e. The first-order chi connectivity index (χ1) is 16.2. The van der Waals surface area contributed by atoms with Crippen LogP contribution in [0.25, 0.3) is 6.08 Å². The van der Waals surface area contributed by atoms with E-state index in [1.54, 1.807) is 49.6 Å². The van der Waals surface area contributed by atoms with E-state index in [-0.39, 0.29) is 18.2 Å². The Hall–Kier alpha value is -1.97. The van der Waals surface area contributed by atoms with Gasteiger partial charge in [0.1, 0.15) is 6.61 Å². The number of methoxy groups -OCH3 is 1. The molecule has 3 aromatic carbocycles. The van der Waals surface area contributed by atoms with Crippen LogP contribution < -0.4 is 9.47 Å².